The van der Waals surface area contributed by atoms with Crippen LogP contribution in [-0.4, -0.2) is 34.8 Å². The van der Waals surface area contributed by atoms with Crippen molar-refractivity contribution in [3.8, 4) is 21.1 Å². The molecule has 13 heteroatoms. The highest BCUT2D eigenvalue weighted by molar-refractivity contribution is 7.67. The van der Waals surface area contributed by atoms with Gasteiger partial charge in [0.2, 0.25) is 7.37 Å². The fourth-order valence-corrected chi connectivity index (χ4v) is 8.79. The molecule has 4 aromatic carbocycles. The second-order valence-electron chi connectivity index (χ2n) is 12.3. The van der Waals surface area contributed by atoms with Crippen LogP contribution in [0.5, 0.6) is 0 Å². The van der Waals surface area contributed by atoms with Gasteiger partial charge in [-0.05, 0) is 67.4 Å². The molecule has 0 radical (unpaired) electrons. The van der Waals surface area contributed by atoms with Gasteiger partial charge in [0.15, 0.2) is 0 Å². The Morgan fingerprint density at radius 1 is 0.778 bits per heavy atom. The summed E-state index contributed by atoms with van der Waals surface area (Å²) in [6.45, 7) is 10.7. The first-order valence-electron chi connectivity index (χ1n) is 16.9. The maximum Gasteiger partial charge on any atom is 0.347 e. The van der Waals surface area contributed by atoms with Crippen molar-refractivity contribution in [3.05, 3.63) is 123 Å². The molecule has 0 aliphatic heterocycles. The molecule has 0 aliphatic rings. The predicted octanol–water partition coefficient (Wildman–Crippen LogP) is 10.4. The van der Waals surface area contributed by atoms with E-state index in [9.17, 15) is 14.2 Å². The Labute approximate surface area is 319 Å². The zero-order valence-corrected chi connectivity index (χ0v) is 33.4. The van der Waals surface area contributed by atoms with E-state index in [4.69, 9.17) is 23.3 Å². The van der Waals surface area contributed by atoms with E-state index in [-0.39, 0.29) is 11.2 Å². The number of aryl methyl sites for hydroxylation is 2. The summed E-state index contributed by atoms with van der Waals surface area (Å²) in [5, 5.41) is 10.5. The summed E-state index contributed by atoms with van der Waals surface area (Å²) in [5.41, 5.74) is 4.55. The van der Waals surface area contributed by atoms with E-state index in [1.165, 1.54) is 42.9 Å². The maximum absolute atomic E-state index is 13.2. The third-order valence-corrected chi connectivity index (χ3v) is 11.8. The van der Waals surface area contributed by atoms with Crippen LogP contribution in [0.25, 0.3) is 63.5 Å². The van der Waals surface area contributed by atoms with E-state index >= 15 is 0 Å². The van der Waals surface area contributed by atoms with Crippen LogP contribution < -0.4 is 16.6 Å². The molecule has 1 atom stereocenters. The van der Waals surface area contributed by atoms with Crippen molar-refractivity contribution >= 4 is 83.7 Å². The van der Waals surface area contributed by atoms with Crippen LogP contribution >= 0.6 is 30.0 Å². The van der Waals surface area contributed by atoms with Gasteiger partial charge in [-0.3, -0.25) is 9.36 Å². The van der Waals surface area contributed by atoms with Crippen LogP contribution in [0.15, 0.2) is 109 Å². The first kappa shape index (κ1) is 39.9. The summed E-state index contributed by atoms with van der Waals surface area (Å²) in [6, 6.07) is 28.6. The Kier molecular flexibility index (Phi) is 12.8. The Bertz CT molecular complexity index is 2710. The highest BCUT2D eigenvalue weighted by Crippen LogP contribution is 2.46. The van der Waals surface area contributed by atoms with E-state index in [0.717, 1.165) is 43.9 Å². The van der Waals surface area contributed by atoms with Crippen LogP contribution in [0.3, 0.4) is 0 Å². The predicted molar refractivity (Wildman–Crippen MR) is 221 cm³/mol. The zero-order chi connectivity index (χ0) is 39.2. The molecule has 1 unspecified atom stereocenters. The molecule has 0 saturated heterocycles. The lowest BCUT2D eigenvalue weighted by atomic mass is 10.1. The third kappa shape index (κ3) is 9.09. The van der Waals surface area contributed by atoms with Crippen molar-refractivity contribution in [1.29, 1.82) is 0 Å². The Morgan fingerprint density at radius 3 is 1.85 bits per heavy atom. The van der Waals surface area contributed by atoms with Gasteiger partial charge in [0, 0.05) is 31.5 Å². The number of rotatable bonds is 4. The largest absolute Gasteiger partial charge is 0.481 e. The Balaban J connectivity index is 0.000000180. The Morgan fingerprint density at radius 2 is 1.28 bits per heavy atom. The van der Waals surface area contributed by atoms with Gasteiger partial charge in [-0.25, -0.2) is 19.6 Å². The SMILES string of the molecule is CC(=O)O.CCC.COP(C)(=O)c1c(-c2nc3ccccc3s2)c(=O)oc2cc(C)ccc12.Cc1ccc2cc(-c3nc4ccccc4s3)c(=O)oc2c1. The highest BCUT2D eigenvalue weighted by Gasteiger charge is 2.30. The lowest BCUT2D eigenvalue weighted by molar-refractivity contribution is -0.134. The average molecular weight is 783 g/mol. The minimum atomic E-state index is -3.25. The fourth-order valence-electron chi connectivity index (χ4n) is 5.33. The number of aromatic nitrogens is 2. The minimum Gasteiger partial charge on any atom is -0.481 e. The number of hydrogen-bond donors (Lipinski definition) is 1. The molecule has 8 rings (SSSR count). The second-order valence-corrected chi connectivity index (χ2v) is 16.9. The molecule has 4 aromatic heterocycles. The van der Waals surface area contributed by atoms with E-state index in [2.05, 4.69) is 23.8 Å². The molecule has 0 amide bonds. The van der Waals surface area contributed by atoms with Crippen molar-refractivity contribution in [1.82, 2.24) is 9.97 Å². The van der Waals surface area contributed by atoms with Crippen LogP contribution in [0.4, 0.5) is 0 Å². The van der Waals surface area contributed by atoms with Crippen LogP contribution in [0, 0.1) is 13.8 Å². The molecule has 54 heavy (non-hydrogen) atoms. The van der Waals surface area contributed by atoms with Gasteiger partial charge in [-0.1, -0.05) is 68.8 Å². The van der Waals surface area contributed by atoms with Gasteiger partial charge in [-0.15, -0.1) is 22.7 Å². The van der Waals surface area contributed by atoms with E-state index in [0.29, 0.717) is 37.4 Å². The third-order valence-electron chi connectivity index (χ3n) is 7.71. The smallest absolute Gasteiger partial charge is 0.347 e. The lowest BCUT2D eigenvalue weighted by Crippen LogP contribution is -2.20. The molecular formula is C41H39N2O8PS2. The van der Waals surface area contributed by atoms with Crippen LogP contribution in [0.2, 0.25) is 0 Å². The molecule has 278 valence electrons. The van der Waals surface area contributed by atoms with E-state index in [1.54, 1.807) is 6.07 Å². The molecule has 4 heterocycles. The molecule has 0 spiro atoms. The van der Waals surface area contributed by atoms with Gasteiger partial charge in [0.1, 0.15) is 26.7 Å². The lowest BCUT2D eigenvalue weighted by Gasteiger charge is -2.16. The fraction of sp³-hybridized carbons (Fsp3) is 0.195. The number of carbonyl (C=O) groups is 1. The first-order chi connectivity index (χ1) is 25.8. The standard InChI is InChI=1S/C19H16NO4PS.C17H11NO2S.C3H8.C2H4O2/c1-11-8-9-12-14(10-11)24-19(21)16(17(12)25(3,22)23-2)18-20-13-6-4-5-7-15(13)26-18;1-10-6-7-11-9-12(17(19)20-14(11)8-10)16-18-13-4-2-3-5-15(13)21-16;1-3-2;1-2(3)4/h4-10H,1-3H3;2-9H,1H3;3H2,1-2H3;1H3,(H,3,4). The summed E-state index contributed by atoms with van der Waals surface area (Å²) < 4.78 is 31.5. The highest BCUT2D eigenvalue weighted by atomic mass is 32.1. The van der Waals surface area contributed by atoms with Crippen molar-refractivity contribution < 1.29 is 27.8 Å². The average Bonchev–Trinajstić information content (AvgIpc) is 3.75. The number of aliphatic carboxylic acids is 1. The minimum absolute atomic E-state index is 0.218. The van der Waals surface area contributed by atoms with Crippen LogP contribution in [0.1, 0.15) is 38.3 Å². The normalized spacial score (nSPS) is 11.9. The number of carboxylic acid groups (broad SMARTS) is 1. The number of thiazole rings is 2. The molecule has 0 aliphatic carbocycles. The second kappa shape index (κ2) is 17.3. The summed E-state index contributed by atoms with van der Waals surface area (Å²) >= 11 is 2.87. The quantitative estimate of drug-likeness (QED) is 0.135. The molecule has 8 aromatic rings. The van der Waals surface area contributed by atoms with Gasteiger partial charge in [-0.2, -0.15) is 0 Å². The summed E-state index contributed by atoms with van der Waals surface area (Å²) in [4.78, 5) is 43.1. The number of para-hydroxylation sites is 2. The number of carboxylic acids is 1. The maximum atomic E-state index is 13.2. The van der Waals surface area contributed by atoms with Crippen molar-refractivity contribution in [2.75, 3.05) is 13.8 Å². The molecule has 10 nitrogen and oxygen atoms in total. The number of benzene rings is 4. The van der Waals surface area contributed by atoms with Gasteiger partial charge < -0.3 is 18.5 Å². The molecule has 1 N–H and O–H groups in total. The molecule has 0 bridgehead atoms. The van der Waals surface area contributed by atoms with Crippen molar-refractivity contribution in [2.45, 2.75) is 41.0 Å². The Hall–Kier alpha value is -5.26. The first-order valence-corrected chi connectivity index (χ1v) is 20.6. The van der Waals surface area contributed by atoms with Gasteiger partial charge in [0.25, 0.3) is 5.97 Å². The van der Waals surface area contributed by atoms with E-state index in [1.807, 2.05) is 98.8 Å². The van der Waals surface area contributed by atoms with Crippen molar-refractivity contribution in [2.24, 2.45) is 0 Å². The molecule has 0 saturated carbocycles. The monoisotopic (exact) mass is 782 g/mol. The summed E-state index contributed by atoms with van der Waals surface area (Å²) in [6.07, 6.45) is 1.25. The number of nitrogens with zero attached hydrogens (tertiary/aromatic N) is 2. The molecular weight excluding hydrogens is 744 g/mol. The zero-order valence-electron chi connectivity index (χ0n) is 30.8. The molecule has 0 fully saturated rings. The number of fused-ring (bicyclic) bond motifs is 4. The number of hydrogen-bond acceptors (Lipinski definition) is 11. The van der Waals surface area contributed by atoms with Crippen molar-refractivity contribution in [3.63, 3.8) is 0 Å². The van der Waals surface area contributed by atoms with Gasteiger partial charge >= 0.3 is 11.3 Å². The van der Waals surface area contributed by atoms with E-state index < -0.39 is 19.0 Å². The van der Waals surface area contributed by atoms with Crippen LogP contribution in [-0.2, 0) is 13.9 Å². The topological polar surface area (TPSA) is 150 Å². The summed E-state index contributed by atoms with van der Waals surface area (Å²) in [7, 11) is -1.87. The summed E-state index contributed by atoms with van der Waals surface area (Å²) in [5.74, 6) is -0.833. The van der Waals surface area contributed by atoms with Gasteiger partial charge in [0.05, 0.1) is 31.3 Å².